The van der Waals surface area contributed by atoms with Crippen LogP contribution in [0.25, 0.3) is 0 Å². The number of nitrogens with one attached hydrogen (secondary N) is 1. The molecule has 5 rings (SSSR count). The van der Waals surface area contributed by atoms with Gasteiger partial charge in [-0.25, -0.2) is 4.98 Å². The fourth-order valence-corrected chi connectivity index (χ4v) is 3.85. The highest BCUT2D eigenvalue weighted by Gasteiger charge is 2.44. The molecule has 1 N–H and O–H groups in total. The molecule has 11 heteroatoms. The Labute approximate surface area is 180 Å². The minimum atomic E-state index is -4.50. The van der Waals surface area contributed by atoms with E-state index in [1.807, 2.05) is 0 Å². The third-order valence-corrected chi connectivity index (χ3v) is 5.49. The van der Waals surface area contributed by atoms with Gasteiger partial charge < -0.3 is 24.4 Å². The van der Waals surface area contributed by atoms with Crippen molar-refractivity contribution in [2.45, 2.75) is 43.9 Å². The van der Waals surface area contributed by atoms with Gasteiger partial charge in [-0.05, 0) is 25.3 Å². The molecule has 1 saturated carbocycles. The Hall–Kier alpha value is -3.50. The first kappa shape index (κ1) is 20.4. The zero-order valence-corrected chi connectivity index (χ0v) is 16.6. The summed E-state index contributed by atoms with van der Waals surface area (Å²) >= 11 is 0. The predicted octanol–water partition coefficient (Wildman–Crippen LogP) is 3.71. The third-order valence-electron chi connectivity index (χ3n) is 5.49. The summed E-state index contributed by atoms with van der Waals surface area (Å²) < 4.78 is 54.6. The highest BCUT2D eigenvalue weighted by atomic mass is 19.4. The smallest absolute Gasteiger partial charge is 0.417 e. The molecular formula is C21H18F3N3O5. The van der Waals surface area contributed by atoms with Crippen molar-refractivity contribution in [3.05, 3.63) is 36.0 Å². The van der Waals surface area contributed by atoms with Gasteiger partial charge in [0.25, 0.3) is 0 Å². The molecule has 3 heterocycles. The maximum Gasteiger partial charge on any atom is 0.417 e. The molecule has 1 saturated heterocycles. The van der Waals surface area contributed by atoms with Gasteiger partial charge in [-0.2, -0.15) is 13.2 Å². The fraction of sp³-hybridized carbons (Fsp3) is 0.381. The van der Waals surface area contributed by atoms with Crippen molar-refractivity contribution in [1.82, 2.24) is 9.88 Å². The van der Waals surface area contributed by atoms with Crippen LogP contribution in [-0.4, -0.2) is 40.6 Å². The molecule has 1 aromatic heterocycles. The minimum absolute atomic E-state index is 0.0251. The molecule has 1 unspecified atom stereocenters. The number of nitrogens with zero attached hydrogens (tertiary/aromatic N) is 2. The van der Waals surface area contributed by atoms with Crippen LogP contribution >= 0.6 is 0 Å². The van der Waals surface area contributed by atoms with Crippen LogP contribution in [0.3, 0.4) is 0 Å². The number of pyridine rings is 1. The van der Waals surface area contributed by atoms with Crippen LogP contribution in [0.2, 0.25) is 0 Å². The standard InChI is InChI=1S/C21H18F3N3O5/c22-21(23,24)11-1-5-17(25-9-11)32-13-7-14(19-16(8-13)30-10-31-19)26-20(29)15-4-6-18(28)27(15)12-2-3-12/h1,5,7-9,12,15H,2-4,6,10H2,(H,26,29). The third kappa shape index (κ3) is 3.90. The molecule has 0 radical (unpaired) electrons. The van der Waals surface area contributed by atoms with Crippen LogP contribution in [0.1, 0.15) is 31.2 Å². The van der Waals surface area contributed by atoms with E-state index in [9.17, 15) is 22.8 Å². The van der Waals surface area contributed by atoms with Crippen molar-refractivity contribution < 1.29 is 37.0 Å². The van der Waals surface area contributed by atoms with Crippen molar-refractivity contribution in [3.63, 3.8) is 0 Å². The SMILES string of the molecule is O=C(Nc1cc(Oc2ccc(C(F)(F)F)cn2)cc2c1OCO2)C1CCC(=O)N1C1CC1. The summed E-state index contributed by atoms with van der Waals surface area (Å²) in [7, 11) is 0. The van der Waals surface area contributed by atoms with Crippen molar-refractivity contribution in [3.8, 4) is 23.1 Å². The van der Waals surface area contributed by atoms with Crippen molar-refractivity contribution >= 4 is 17.5 Å². The fourth-order valence-electron chi connectivity index (χ4n) is 3.85. The average molecular weight is 449 g/mol. The molecule has 2 aromatic rings. The summed E-state index contributed by atoms with van der Waals surface area (Å²) in [6, 6.07) is 4.49. The highest BCUT2D eigenvalue weighted by molar-refractivity contribution is 6.00. The number of hydrogen-bond acceptors (Lipinski definition) is 6. The van der Waals surface area contributed by atoms with Crippen LogP contribution in [0, 0.1) is 0 Å². The number of alkyl halides is 3. The van der Waals surface area contributed by atoms with Crippen molar-refractivity contribution in [1.29, 1.82) is 0 Å². The molecule has 8 nitrogen and oxygen atoms in total. The Morgan fingerprint density at radius 3 is 2.69 bits per heavy atom. The van der Waals surface area contributed by atoms with E-state index in [1.54, 1.807) is 4.90 Å². The molecule has 1 aliphatic carbocycles. The first-order valence-electron chi connectivity index (χ1n) is 10.1. The first-order valence-corrected chi connectivity index (χ1v) is 10.1. The summed E-state index contributed by atoms with van der Waals surface area (Å²) in [6.45, 7) is -0.0592. The van der Waals surface area contributed by atoms with Gasteiger partial charge in [-0.1, -0.05) is 0 Å². The van der Waals surface area contributed by atoms with Crippen LogP contribution in [-0.2, 0) is 15.8 Å². The lowest BCUT2D eigenvalue weighted by Crippen LogP contribution is -2.42. The maximum absolute atomic E-state index is 12.9. The Kier molecular flexibility index (Phi) is 4.83. The second kappa shape index (κ2) is 7.57. The number of rotatable bonds is 5. The normalized spacial score (nSPS) is 19.9. The van der Waals surface area contributed by atoms with Gasteiger partial charge in [0.2, 0.25) is 24.5 Å². The summed E-state index contributed by atoms with van der Waals surface area (Å²) in [4.78, 5) is 30.4. The van der Waals surface area contributed by atoms with E-state index < -0.39 is 17.8 Å². The Morgan fingerprint density at radius 2 is 2.00 bits per heavy atom. The van der Waals surface area contributed by atoms with Gasteiger partial charge in [0.1, 0.15) is 11.8 Å². The number of amides is 2. The van der Waals surface area contributed by atoms with E-state index in [4.69, 9.17) is 14.2 Å². The number of carbonyl (C=O) groups is 2. The number of hydrogen-bond donors (Lipinski definition) is 1. The van der Waals surface area contributed by atoms with Gasteiger partial charge in [0.15, 0.2) is 11.5 Å². The van der Waals surface area contributed by atoms with E-state index in [0.717, 1.165) is 25.0 Å². The van der Waals surface area contributed by atoms with Crippen LogP contribution < -0.4 is 19.5 Å². The average Bonchev–Trinajstić information content (AvgIpc) is 3.32. The lowest BCUT2D eigenvalue weighted by Gasteiger charge is -2.24. The van der Waals surface area contributed by atoms with Crippen LogP contribution in [0.15, 0.2) is 30.5 Å². The number of halogens is 3. The lowest BCUT2D eigenvalue weighted by atomic mass is 10.2. The van der Waals surface area contributed by atoms with E-state index in [2.05, 4.69) is 10.3 Å². The first-order chi connectivity index (χ1) is 15.3. The topological polar surface area (TPSA) is 90.0 Å². The molecule has 32 heavy (non-hydrogen) atoms. The van der Waals surface area contributed by atoms with Gasteiger partial charge in [0.05, 0.1) is 11.3 Å². The van der Waals surface area contributed by atoms with Crippen LogP contribution in [0.5, 0.6) is 23.1 Å². The molecule has 1 atom stereocenters. The summed E-state index contributed by atoms with van der Waals surface area (Å²) in [6.07, 6.45) is -1.27. The largest absolute Gasteiger partial charge is 0.453 e. The quantitative estimate of drug-likeness (QED) is 0.749. The molecule has 2 amide bonds. The predicted molar refractivity (Wildman–Crippen MR) is 103 cm³/mol. The number of anilines is 1. The zero-order valence-electron chi connectivity index (χ0n) is 16.6. The van der Waals surface area contributed by atoms with Crippen LogP contribution in [0.4, 0.5) is 18.9 Å². The summed E-state index contributed by atoms with van der Waals surface area (Å²) in [5.74, 6) is 0.390. The van der Waals surface area contributed by atoms with E-state index in [0.29, 0.717) is 30.5 Å². The number of aromatic nitrogens is 1. The van der Waals surface area contributed by atoms with E-state index >= 15 is 0 Å². The molecular weight excluding hydrogens is 431 g/mol. The van der Waals surface area contributed by atoms with Gasteiger partial charge >= 0.3 is 6.18 Å². The van der Waals surface area contributed by atoms with Crippen molar-refractivity contribution in [2.75, 3.05) is 12.1 Å². The monoisotopic (exact) mass is 449 g/mol. The van der Waals surface area contributed by atoms with Gasteiger partial charge in [-0.3, -0.25) is 9.59 Å². The number of ether oxygens (including phenoxy) is 3. The zero-order chi connectivity index (χ0) is 22.5. The maximum atomic E-state index is 12.9. The van der Waals surface area contributed by atoms with Gasteiger partial charge in [0, 0.05) is 36.9 Å². The Morgan fingerprint density at radius 1 is 1.19 bits per heavy atom. The Balaban J connectivity index is 1.36. The molecule has 0 bridgehead atoms. The number of carbonyl (C=O) groups excluding carboxylic acids is 2. The minimum Gasteiger partial charge on any atom is -0.453 e. The Bertz CT molecular complexity index is 1070. The second-order valence-electron chi connectivity index (χ2n) is 7.77. The molecule has 1 aromatic carbocycles. The lowest BCUT2D eigenvalue weighted by molar-refractivity contribution is -0.137. The summed E-state index contributed by atoms with van der Waals surface area (Å²) in [5.41, 5.74) is -0.614. The van der Waals surface area contributed by atoms with Gasteiger partial charge in [-0.15, -0.1) is 0 Å². The number of likely N-dealkylation sites (tertiary alicyclic amines) is 1. The molecule has 168 valence electrons. The molecule has 3 aliphatic rings. The second-order valence-corrected chi connectivity index (χ2v) is 7.77. The summed E-state index contributed by atoms with van der Waals surface area (Å²) in [5, 5.41) is 2.79. The number of fused-ring (bicyclic) bond motifs is 1. The highest BCUT2D eigenvalue weighted by Crippen LogP contribution is 2.44. The number of benzene rings is 1. The molecule has 0 spiro atoms. The van der Waals surface area contributed by atoms with E-state index in [-0.39, 0.29) is 42.0 Å². The van der Waals surface area contributed by atoms with E-state index in [1.165, 1.54) is 12.1 Å². The molecule has 2 aliphatic heterocycles. The van der Waals surface area contributed by atoms with Crippen molar-refractivity contribution in [2.24, 2.45) is 0 Å². The molecule has 2 fully saturated rings.